The Bertz CT molecular complexity index is 1430. The van der Waals surface area contributed by atoms with Crippen LogP contribution >= 0.6 is 11.6 Å². The number of amides is 2. The van der Waals surface area contributed by atoms with Crippen molar-refractivity contribution in [1.82, 2.24) is 15.1 Å². The van der Waals surface area contributed by atoms with Gasteiger partial charge in [0.2, 0.25) is 0 Å². The Labute approximate surface area is 221 Å². The van der Waals surface area contributed by atoms with Gasteiger partial charge in [-0.1, -0.05) is 29.8 Å². The predicted octanol–water partition coefficient (Wildman–Crippen LogP) is 5.39. The number of carbonyl (C=O) groups excluding carboxylic acids is 2. The molecule has 0 saturated heterocycles. The molecule has 0 radical (unpaired) electrons. The molecule has 208 valence electrons. The van der Waals surface area contributed by atoms with Crippen molar-refractivity contribution in [2.24, 2.45) is 0 Å². The van der Waals surface area contributed by atoms with Gasteiger partial charge in [0.15, 0.2) is 5.69 Å². The monoisotopic (exact) mass is 576 g/mol. The van der Waals surface area contributed by atoms with Crippen molar-refractivity contribution in [1.29, 1.82) is 0 Å². The van der Waals surface area contributed by atoms with E-state index in [2.05, 4.69) is 15.7 Å². The number of anilines is 1. The molecule has 15 heteroatoms. The first-order valence-electron chi connectivity index (χ1n) is 10.9. The molecule has 8 nitrogen and oxygen atoms in total. The van der Waals surface area contributed by atoms with Crippen LogP contribution in [0.3, 0.4) is 0 Å². The summed E-state index contributed by atoms with van der Waals surface area (Å²) in [6.45, 7) is 2.07. The van der Waals surface area contributed by atoms with Crippen LogP contribution in [0.1, 0.15) is 50.2 Å². The summed E-state index contributed by atoms with van der Waals surface area (Å²) in [5.74, 6) is -3.03. The summed E-state index contributed by atoms with van der Waals surface area (Å²) in [5, 5.41) is 16.7. The van der Waals surface area contributed by atoms with E-state index in [1.807, 2.05) is 0 Å². The minimum absolute atomic E-state index is 0.0720. The fourth-order valence-corrected chi connectivity index (χ4v) is 3.77. The number of carboxylic acids is 1. The number of nitrogens with zero attached hydrogens (tertiary/aromatic N) is 2. The number of carbonyl (C=O) groups is 3. The summed E-state index contributed by atoms with van der Waals surface area (Å²) in [4.78, 5) is 36.7. The van der Waals surface area contributed by atoms with E-state index < -0.39 is 54.1 Å². The SMILES string of the molecule is Cc1cc(Cn2nc(C(F)(F)F)cc2C(F)(F)F)ccc1NC(=O)c1cccc(Cl)c1C(=O)N[C@@H](C)C(=O)O. The maximum absolute atomic E-state index is 13.3. The van der Waals surface area contributed by atoms with E-state index in [-0.39, 0.29) is 38.1 Å². The standard InChI is InChI=1S/C24H19ClF6N4O4/c1-11-8-13(10-35-18(24(29,30)31)9-17(34-35)23(26,27)28)6-7-16(11)33-20(36)14-4-3-5-15(25)19(14)21(37)32-12(2)22(38)39/h3-9,12H,10H2,1-2H3,(H,32,37)(H,33,36)(H,38,39)/t12-/m0/s1. The molecule has 3 aromatic rings. The highest BCUT2D eigenvalue weighted by Gasteiger charge is 2.41. The number of halogens is 7. The van der Waals surface area contributed by atoms with Crippen LogP contribution in [-0.2, 0) is 23.7 Å². The maximum Gasteiger partial charge on any atom is 0.435 e. The second-order valence-corrected chi connectivity index (χ2v) is 8.77. The van der Waals surface area contributed by atoms with Crippen molar-refractivity contribution in [2.75, 3.05) is 5.32 Å². The van der Waals surface area contributed by atoms with Gasteiger partial charge >= 0.3 is 18.3 Å². The second kappa shape index (κ2) is 11.0. The van der Waals surface area contributed by atoms with Crippen molar-refractivity contribution in [3.63, 3.8) is 0 Å². The minimum Gasteiger partial charge on any atom is -0.480 e. The quantitative estimate of drug-likeness (QED) is 0.327. The van der Waals surface area contributed by atoms with Gasteiger partial charge in [0.05, 0.1) is 22.7 Å². The van der Waals surface area contributed by atoms with Gasteiger partial charge in [0.25, 0.3) is 11.8 Å². The molecule has 0 saturated carbocycles. The number of alkyl halides is 6. The van der Waals surface area contributed by atoms with Crippen LogP contribution < -0.4 is 10.6 Å². The molecule has 3 rings (SSSR count). The molecule has 0 unspecified atom stereocenters. The van der Waals surface area contributed by atoms with E-state index in [0.29, 0.717) is 5.56 Å². The summed E-state index contributed by atoms with van der Waals surface area (Å²) in [6.07, 6.45) is -10.2. The van der Waals surface area contributed by atoms with Gasteiger partial charge in [-0.3, -0.25) is 19.1 Å². The lowest BCUT2D eigenvalue weighted by atomic mass is 10.0. The third-order valence-corrected chi connectivity index (χ3v) is 5.75. The van der Waals surface area contributed by atoms with Gasteiger partial charge in [-0.05, 0) is 43.2 Å². The van der Waals surface area contributed by atoms with E-state index in [4.69, 9.17) is 16.7 Å². The molecule has 0 fully saturated rings. The molecule has 2 aromatic carbocycles. The second-order valence-electron chi connectivity index (χ2n) is 8.37. The third-order valence-electron chi connectivity index (χ3n) is 5.44. The number of aliphatic carboxylic acids is 1. The number of nitrogens with one attached hydrogen (secondary N) is 2. The Morgan fingerprint density at radius 2 is 1.69 bits per heavy atom. The molecule has 1 aromatic heterocycles. The smallest absolute Gasteiger partial charge is 0.435 e. The third kappa shape index (κ3) is 6.88. The normalized spacial score (nSPS) is 12.6. The molecule has 39 heavy (non-hydrogen) atoms. The van der Waals surface area contributed by atoms with Crippen molar-refractivity contribution >= 4 is 35.1 Å². The molecular weight excluding hydrogens is 558 g/mol. The van der Waals surface area contributed by atoms with Crippen molar-refractivity contribution in [2.45, 2.75) is 38.8 Å². The fraction of sp³-hybridized carbons (Fsp3) is 0.250. The maximum atomic E-state index is 13.3. The Balaban J connectivity index is 1.86. The van der Waals surface area contributed by atoms with Crippen molar-refractivity contribution < 1.29 is 45.8 Å². The molecule has 3 N–H and O–H groups in total. The molecular formula is C24H19ClF6N4O4. The van der Waals surface area contributed by atoms with Gasteiger partial charge < -0.3 is 15.7 Å². The summed E-state index contributed by atoms with van der Waals surface area (Å²) in [7, 11) is 0. The molecule has 1 heterocycles. The van der Waals surface area contributed by atoms with Crippen molar-refractivity contribution in [3.05, 3.63) is 81.1 Å². The number of carboxylic acid groups (broad SMARTS) is 1. The van der Waals surface area contributed by atoms with Gasteiger partial charge in [-0.15, -0.1) is 0 Å². The van der Waals surface area contributed by atoms with Crippen LogP contribution in [0.15, 0.2) is 42.5 Å². The fourth-order valence-electron chi connectivity index (χ4n) is 3.51. The minimum atomic E-state index is -5.08. The molecule has 2 amide bonds. The van der Waals surface area contributed by atoms with Gasteiger partial charge in [-0.2, -0.15) is 31.4 Å². The van der Waals surface area contributed by atoms with Crippen LogP contribution in [0.5, 0.6) is 0 Å². The summed E-state index contributed by atoms with van der Waals surface area (Å²) >= 11 is 6.09. The van der Waals surface area contributed by atoms with Crippen LogP contribution in [0.25, 0.3) is 0 Å². The summed E-state index contributed by atoms with van der Waals surface area (Å²) in [5.41, 5.74) is -3.04. The molecule has 1 atom stereocenters. The first-order valence-corrected chi connectivity index (χ1v) is 11.3. The number of rotatable bonds is 7. The number of hydrogen-bond acceptors (Lipinski definition) is 4. The Hall–Kier alpha value is -4.07. The molecule has 0 bridgehead atoms. The highest BCUT2D eigenvalue weighted by Crippen LogP contribution is 2.35. The van der Waals surface area contributed by atoms with E-state index >= 15 is 0 Å². The average Bonchev–Trinajstić information content (AvgIpc) is 3.25. The van der Waals surface area contributed by atoms with Crippen LogP contribution in [0.2, 0.25) is 5.02 Å². The molecule has 0 aliphatic rings. The van der Waals surface area contributed by atoms with Gasteiger partial charge in [0, 0.05) is 11.8 Å². The average molecular weight is 577 g/mol. The van der Waals surface area contributed by atoms with E-state index in [9.17, 15) is 40.7 Å². The zero-order valence-electron chi connectivity index (χ0n) is 20.0. The Morgan fingerprint density at radius 1 is 1.03 bits per heavy atom. The zero-order valence-corrected chi connectivity index (χ0v) is 20.8. The van der Waals surface area contributed by atoms with Gasteiger partial charge in [-0.25, -0.2) is 0 Å². The van der Waals surface area contributed by atoms with Crippen LogP contribution in [0.4, 0.5) is 32.0 Å². The first kappa shape index (κ1) is 29.5. The summed E-state index contributed by atoms with van der Waals surface area (Å²) in [6, 6.07) is 6.61. The predicted molar refractivity (Wildman–Crippen MR) is 126 cm³/mol. The van der Waals surface area contributed by atoms with Crippen LogP contribution in [-0.4, -0.2) is 38.7 Å². The lowest BCUT2D eigenvalue weighted by Gasteiger charge is -2.15. The molecule has 0 aliphatic carbocycles. The van der Waals surface area contributed by atoms with Crippen molar-refractivity contribution in [3.8, 4) is 0 Å². The summed E-state index contributed by atoms with van der Waals surface area (Å²) < 4.78 is 78.9. The number of aromatic nitrogens is 2. The number of benzene rings is 2. The molecule has 0 spiro atoms. The lowest BCUT2D eigenvalue weighted by Crippen LogP contribution is -2.39. The highest BCUT2D eigenvalue weighted by molar-refractivity contribution is 6.35. The number of hydrogen-bond donors (Lipinski definition) is 3. The topological polar surface area (TPSA) is 113 Å². The first-order chi connectivity index (χ1) is 18.0. The Morgan fingerprint density at radius 3 is 2.26 bits per heavy atom. The lowest BCUT2D eigenvalue weighted by molar-refractivity contribution is -0.144. The van der Waals surface area contributed by atoms with Gasteiger partial charge in [0.1, 0.15) is 11.7 Å². The zero-order chi connectivity index (χ0) is 29.3. The van der Waals surface area contributed by atoms with E-state index in [0.717, 1.165) is 0 Å². The van der Waals surface area contributed by atoms with Crippen LogP contribution in [0, 0.1) is 6.92 Å². The largest absolute Gasteiger partial charge is 0.480 e. The number of aryl methyl sites for hydroxylation is 1. The molecule has 0 aliphatic heterocycles. The highest BCUT2D eigenvalue weighted by atomic mass is 35.5. The van der Waals surface area contributed by atoms with E-state index in [1.54, 1.807) is 0 Å². The Kier molecular flexibility index (Phi) is 8.29. The van der Waals surface area contributed by atoms with E-state index in [1.165, 1.54) is 50.2 Å².